The van der Waals surface area contributed by atoms with Crippen LogP contribution in [0.2, 0.25) is 0 Å². The van der Waals surface area contributed by atoms with Crippen molar-refractivity contribution in [3.8, 4) is 0 Å². The third-order valence-corrected chi connectivity index (χ3v) is 6.97. The van der Waals surface area contributed by atoms with E-state index in [4.69, 9.17) is 9.79 Å². The summed E-state index contributed by atoms with van der Waals surface area (Å²) in [7, 11) is -4.26. The Labute approximate surface area is 195 Å². The van der Waals surface area contributed by atoms with Crippen molar-refractivity contribution in [1.82, 2.24) is 9.88 Å². The van der Waals surface area contributed by atoms with Gasteiger partial charge in [-0.3, -0.25) is 9.36 Å². The number of fused-ring (bicyclic) bond motifs is 1. The average Bonchev–Trinajstić information content (AvgIpc) is 3.04. The molecule has 0 spiro atoms. The highest BCUT2D eigenvalue weighted by atomic mass is 32.2. The number of rotatable bonds is 13. The lowest BCUT2D eigenvalue weighted by atomic mass is 10.1. The van der Waals surface area contributed by atoms with Gasteiger partial charge in [0.05, 0.1) is 5.03 Å². The molecule has 12 heteroatoms. The van der Waals surface area contributed by atoms with E-state index in [1.54, 1.807) is 30.5 Å². The lowest BCUT2D eigenvalue weighted by Crippen LogP contribution is -2.43. The average molecular weight is 501 g/mol. The highest BCUT2D eigenvalue weighted by Crippen LogP contribution is 2.38. The van der Waals surface area contributed by atoms with Crippen molar-refractivity contribution in [2.24, 2.45) is 5.92 Å². The first-order valence-corrected chi connectivity index (χ1v) is 13.2. The molecule has 0 radical (unpaired) electrons. The molecule has 1 heterocycles. The number of hydrogen-bond donors (Lipinski definition) is 5. The Morgan fingerprint density at radius 1 is 1.12 bits per heavy atom. The van der Waals surface area contributed by atoms with Gasteiger partial charge in [0.15, 0.2) is 0 Å². The number of nitrogens with one attached hydrogen (secondary N) is 1. The molecular weight excluding hydrogens is 471 g/mol. The second kappa shape index (κ2) is 11.7. The molecule has 2 rings (SSSR count). The summed E-state index contributed by atoms with van der Waals surface area (Å²) in [6.07, 6.45) is 1.39. The molecule has 2 atom stereocenters. The van der Waals surface area contributed by atoms with Gasteiger partial charge in [-0.1, -0.05) is 38.1 Å². The number of carbonyl (C=O) groups is 3. The molecule has 1 aromatic carbocycles. The summed E-state index contributed by atoms with van der Waals surface area (Å²) < 4.78 is 12.7. The maximum absolute atomic E-state index is 12.1. The standard InChI is InChI=1S/C21H29N2O8PS/c1-13(2)10-18(24)22-16(20(25)26)12-33-19-15-7-4-3-6-14(15)11-23(19)17(21(27)28)8-5-9-32(29,30)31/h3-4,6-7,11,13,16-17H,5,8-10,12H2,1-2H3,(H,22,24)(H,25,26)(H,27,28)(H2,29,30,31)/t16-,17?/m0/s1. The molecule has 1 unspecified atom stereocenters. The van der Waals surface area contributed by atoms with Gasteiger partial charge in [0.25, 0.3) is 0 Å². The molecule has 2 aromatic rings. The van der Waals surface area contributed by atoms with Crippen molar-refractivity contribution in [2.45, 2.75) is 50.2 Å². The van der Waals surface area contributed by atoms with Gasteiger partial charge in [0.1, 0.15) is 12.1 Å². The normalized spacial score (nSPS) is 13.7. The molecule has 1 aromatic heterocycles. The monoisotopic (exact) mass is 500 g/mol. The highest BCUT2D eigenvalue weighted by Gasteiger charge is 2.27. The zero-order valence-corrected chi connectivity index (χ0v) is 20.1. The summed E-state index contributed by atoms with van der Waals surface area (Å²) in [6.45, 7) is 3.70. The van der Waals surface area contributed by atoms with Gasteiger partial charge in [-0.25, -0.2) is 9.59 Å². The molecule has 0 aliphatic rings. The fourth-order valence-electron chi connectivity index (χ4n) is 3.37. The van der Waals surface area contributed by atoms with Crippen LogP contribution in [0.15, 0.2) is 35.5 Å². The van der Waals surface area contributed by atoms with Gasteiger partial charge in [0.2, 0.25) is 5.91 Å². The van der Waals surface area contributed by atoms with Crippen LogP contribution in [-0.2, 0) is 18.9 Å². The highest BCUT2D eigenvalue weighted by molar-refractivity contribution is 7.99. The second-order valence-electron chi connectivity index (χ2n) is 8.18. The Morgan fingerprint density at radius 3 is 2.36 bits per heavy atom. The number of aliphatic carboxylic acids is 2. The number of nitrogens with zero attached hydrogens (tertiary/aromatic N) is 1. The maximum Gasteiger partial charge on any atom is 0.327 e. The van der Waals surface area contributed by atoms with Gasteiger partial charge >= 0.3 is 19.5 Å². The van der Waals surface area contributed by atoms with E-state index in [1.807, 2.05) is 13.8 Å². The molecule has 182 valence electrons. The Hall–Kier alpha value is -2.33. The number of benzene rings is 1. The van der Waals surface area contributed by atoms with Crippen LogP contribution in [0.1, 0.15) is 39.2 Å². The summed E-state index contributed by atoms with van der Waals surface area (Å²) in [5.41, 5.74) is 0. The Kier molecular flexibility index (Phi) is 9.54. The van der Waals surface area contributed by atoms with Crippen molar-refractivity contribution in [3.05, 3.63) is 30.5 Å². The van der Waals surface area contributed by atoms with Crippen molar-refractivity contribution in [1.29, 1.82) is 0 Å². The molecule has 10 nitrogen and oxygen atoms in total. The molecule has 0 saturated carbocycles. The molecule has 33 heavy (non-hydrogen) atoms. The number of carboxylic acid groups (broad SMARTS) is 2. The van der Waals surface area contributed by atoms with E-state index in [2.05, 4.69) is 5.32 Å². The minimum absolute atomic E-state index is 0.00286. The van der Waals surface area contributed by atoms with Crippen LogP contribution in [0.5, 0.6) is 0 Å². The molecule has 0 aliphatic heterocycles. The van der Waals surface area contributed by atoms with Crippen LogP contribution >= 0.6 is 19.4 Å². The van der Waals surface area contributed by atoms with Crippen LogP contribution in [0.25, 0.3) is 10.8 Å². The lowest BCUT2D eigenvalue weighted by Gasteiger charge is -2.20. The van der Waals surface area contributed by atoms with Gasteiger partial charge in [-0.05, 0) is 18.8 Å². The Balaban J connectivity index is 2.31. The first kappa shape index (κ1) is 26.9. The molecular formula is C21H29N2O8PS. The van der Waals surface area contributed by atoms with E-state index < -0.39 is 37.8 Å². The van der Waals surface area contributed by atoms with E-state index in [0.717, 1.165) is 22.5 Å². The van der Waals surface area contributed by atoms with Crippen LogP contribution in [0, 0.1) is 5.92 Å². The van der Waals surface area contributed by atoms with Crippen molar-refractivity contribution < 1.29 is 38.9 Å². The second-order valence-corrected chi connectivity index (χ2v) is 11.0. The first-order valence-electron chi connectivity index (χ1n) is 10.4. The Morgan fingerprint density at radius 2 is 1.79 bits per heavy atom. The third kappa shape index (κ3) is 8.19. The minimum Gasteiger partial charge on any atom is -0.480 e. The predicted octanol–water partition coefficient (Wildman–Crippen LogP) is 2.93. The van der Waals surface area contributed by atoms with E-state index in [0.29, 0.717) is 5.03 Å². The van der Waals surface area contributed by atoms with Crippen LogP contribution < -0.4 is 5.32 Å². The summed E-state index contributed by atoms with van der Waals surface area (Å²) in [5, 5.41) is 23.8. The molecule has 5 N–H and O–H groups in total. The molecule has 0 saturated heterocycles. The predicted molar refractivity (Wildman–Crippen MR) is 125 cm³/mol. The van der Waals surface area contributed by atoms with E-state index >= 15 is 0 Å². The van der Waals surface area contributed by atoms with Crippen molar-refractivity contribution in [3.63, 3.8) is 0 Å². The Bertz CT molecular complexity index is 1050. The number of carboxylic acids is 2. The van der Waals surface area contributed by atoms with Crippen molar-refractivity contribution in [2.75, 3.05) is 11.9 Å². The molecule has 0 fully saturated rings. The summed E-state index contributed by atoms with van der Waals surface area (Å²) in [4.78, 5) is 54.0. The maximum atomic E-state index is 12.1. The van der Waals surface area contributed by atoms with Gasteiger partial charge in [-0.2, -0.15) is 0 Å². The smallest absolute Gasteiger partial charge is 0.327 e. The van der Waals surface area contributed by atoms with E-state index in [-0.39, 0.29) is 36.8 Å². The number of amides is 1. The molecule has 1 amide bonds. The first-order chi connectivity index (χ1) is 15.4. The SMILES string of the molecule is CC(C)CC(=O)N[C@@H](CSc1c2ccccc2cn1C(CCCP(=O)(O)O)C(=O)O)C(=O)O. The van der Waals surface area contributed by atoms with Crippen molar-refractivity contribution >= 4 is 48.0 Å². The van der Waals surface area contributed by atoms with E-state index in [9.17, 15) is 29.2 Å². The van der Waals surface area contributed by atoms with Gasteiger partial charge in [0, 0.05) is 35.3 Å². The summed E-state index contributed by atoms with van der Waals surface area (Å²) in [5.74, 6) is -2.69. The quantitative estimate of drug-likeness (QED) is 0.205. The lowest BCUT2D eigenvalue weighted by molar-refractivity contribution is -0.142. The van der Waals surface area contributed by atoms with E-state index in [1.165, 1.54) is 4.57 Å². The summed E-state index contributed by atoms with van der Waals surface area (Å²) >= 11 is 1.12. The number of aromatic nitrogens is 1. The number of carbonyl (C=O) groups excluding carboxylic acids is 1. The third-order valence-electron chi connectivity index (χ3n) is 4.87. The minimum atomic E-state index is -4.26. The van der Waals surface area contributed by atoms with Crippen LogP contribution in [0.3, 0.4) is 0 Å². The zero-order chi connectivity index (χ0) is 24.8. The zero-order valence-electron chi connectivity index (χ0n) is 18.4. The van der Waals surface area contributed by atoms with Gasteiger partial charge < -0.3 is 29.9 Å². The largest absolute Gasteiger partial charge is 0.480 e. The topological polar surface area (TPSA) is 166 Å². The van der Waals surface area contributed by atoms with Gasteiger partial charge in [-0.15, -0.1) is 11.8 Å². The fourth-order valence-corrected chi connectivity index (χ4v) is 5.18. The van der Waals surface area contributed by atoms with Crippen LogP contribution in [0.4, 0.5) is 0 Å². The molecule has 0 bridgehead atoms. The molecule has 0 aliphatic carbocycles. The number of thioether (sulfide) groups is 1. The summed E-state index contributed by atoms with van der Waals surface area (Å²) in [6, 6.07) is 4.89. The number of hydrogen-bond acceptors (Lipinski definition) is 5. The fraction of sp³-hybridized carbons (Fsp3) is 0.476. The van der Waals surface area contributed by atoms with Crippen LogP contribution in [-0.4, -0.2) is 60.4 Å².